The zero-order valence-electron chi connectivity index (χ0n) is 14.5. The van der Waals surface area contributed by atoms with Gasteiger partial charge in [-0.1, -0.05) is 36.4 Å². The number of thiophene rings is 1. The summed E-state index contributed by atoms with van der Waals surface area (Å²) < 4.78 is 0. The highest BCUT2D eigenvalue weighted by Crippen LogP contribution is 2.31. The molecule has 1 saturated heterocycles. The Morgan fingerprint density at radius 3 is 2.64 bits per heavy atom. The van der Waals surface area contributed by atoms with Crippen molar-refractivity contribution in [3.63, 3.8) is 0 Å². The Labute approximate surface area is 160 Å². The predicted molar refractivity (Wildman–Crippen MR) is 106 cm³/mol. The van der Waals surface area contributed by atoms with E-state index in [-0.39, 0.29) is 18.3 Å². The lowest BCUT2D eigenvalue weighted by Gasteiger charge is -2.21. The van der Waals surface area contributed by atoms with Crippen LogP contribution in [0.25, 0.3) is 0 Å². The molecule has 25 heavy (non-hydrogen) atoms. The van der Waals surface area contributed by atoms with Gasteiger partial charge in [0.05, 0.1) is 13.1 Å². The normalized spacial score (nSPS) is 20.2. The number of carbonyl (C=O) groups is 1. The van der Waals surface area contributed by atoms with Crippen molar-refractivity contribution in [2.75, 3.05) is 33.2 Å². The molecule has 0 saturated carbocycles. The first-order valence-electron chi connectivity index (χ1n) is 8.41. The van der Waals surface area contributed by atoms with Gasteiger partial charge < -0.3 is 10.6 Å². The number of hydrogen-bond donors (Lipinski definition) is 1. The minimum Gasteiger partial charge on any atom is -0.340 e. The van der Waals surface area contributed by atoms with Crippen LogP contribution in [0.1, 0.15) is 16.4 Å². The molecule has 1 aromatic carbocycles. The molecular weight excluding hydrogens is 354 g/mol. The van der Waals surface area contributed by atoms with E-state index in [1.807, 2.05) is 29.5 Å². The monoisotopic (exact) mass is 379 g/mol. The van der Waals surface area contributed by atoms with E-state index in [2.05, 4.69) is 35.2 Å². The van der Waals surface area contributed by atoms with E-state index in [9.17, 15) is 4.79 Å². The van der Waals surface area contributed by atoms with Gasteiger partial charge in [0.15, 0.2) is 0 Å². The van der Waals surface area contributed by atoms with Crippen LogP contribution in [0.15, 0.2) is 47.8 Å². The van der Waals surface area contributed by atoms with Gasteiger partial charge in [0.2, 0.25) is 5.91 Å². The van der Waals surface area contributed by atoms with Crippen molar-refractivity contribution in [1.82, 2.24) is 9.80 Å². The summed E-state index contributed by atoms with van der Waals surface area (Å²) in [6.07, 6.45) is 0. The second-order valence-corrected chi connectivity index (χ2v) is 7.57. The molecule has 2 heterocycles. The first-order valence-corrected chi connectivity index (χ1v) is 9.29. The Morgan fingerprint density at radius 2 is 2.00 bits per heavy atom. The molecule has 2 aromatic rings. The Balaban J connectivity index is 0.00000225. The van der Waals surface area contributed by atoms with E-state index in [0.717, 1.165) is 13.1 Å². The molecule has 1 aromatic heterocycles. The third kappa shape index (κ3) is 5.05. The second kappa shape index (κ2) is 9.34. The summed E-state index contributed by atoms with van der Waals surface area (Å²) in [5, 5.41) is 2.05. The molecule has 2 N–H and O–H groups in total. The van der Waals surface area contributed by atoms with Crippen molar-refractivity contribution in [1.29, 1.82) is 0 Å². The van der Waals surface area contributed by atoms with E-state index >= 15 is 0 Å². The van der Waals surface area contributed by atoms with Crippen molar-refractivity contribution in [3.8, 4) is 0 Å². The number of amides is 1. The summed E-state index contributed by atoms with van der Waals surface area (Å²) in [5.41, 5.74) is 7.31. The van der Waals surface area contributed by atoms with Crippen LogP contribution in [0.5, 0.6) is 0 Å². The van der Waals surface area contributed by atoms with Gasteiger partial charge in [0.25, 0.3) is 0 Å². The first kappa shape index (κ1) is 19.9. The smallest absolute Gasteiger partial charge is 0.236 e. The van der Waals surface area contributed by atoms with Crippen molar-refractivity contribution in [2.45, 2.75) is 12.5 Å². The van der Waals surface area contributed by atoms with Crippen LogP contribution >= 0.6 is 23.7 Å². The molecule has 0 bridgehead atoms. The van der Waals surface area contributed by atoms with Gasteiger partial charge >= 0.3 is 0 Å². The van der Waals surface area contributed by atoms with Crippen LogP contribution in [0.2, 0.25) is 0 Å². The Morgan fingerprint density at radius 1 is 1.24 bits per heavy atom. The maximum absolute atomic E-state index is 12.5. The molecule has 0 radical (unpaired) electrons. The van der Waals surface area contributed by atoms with E-state index in [1.54, 1.807) is 11.3 Å². The minimum atomic E-state index is 0. The van der Waals surface area contributed by atoms with Crippen LogP contribution in [0.3, 0.4) is 0 Å². The third-order valence-corrected chi connectivity index (χ3v) is 5.67. The average Bonchev–Trinajstić information content (AvgIpc) is 3.25. The fraction of sp³-hybridized carbons (Fsp3) is 0.421. The number of nitrogens with two attached hydrogens (primary N) is 1. The summed E-state index contributed by atoms with van der Waals surface area (Å²) in [7, 11) is 1.88. The van der Waals surface area contributed by atoms with Gasteiger partial charge in [0, 0.05) is 30.9 Å². The van der Waals surface area contributed by atoms with Crippen LogP contribution in [0.4, 0.5) is 0 Å². The molecule has 1 fully saturated rings. The van der Waals surface area contributed by atoms with Crippen LogP contribution in [-0.2, 0) is 11.3 Å². The fourth-order valence-electron chi connectivity index (χ4n) is 3.44. The first-order chi connectivity index (χ1) is 11.7. The van der Waals surface area contributed by atoms with Crippen molar-refractivity contribution in [3.05, 3.63) is 58.3 Å². The highest BCUT2D eigenvalue weighted by atomic mass is 35.5. The van der Waals surface area contributed by atoms with Crippen molar-refractivity contribution >= 4 is 29.7 Å². The van der Waals surface area contributed by atoms with Crippen LogP contribution in [0, 0.1) is 5.92 Å². The van der Waals surface area contributed by atoms with Crippen LogP contribution in [-0.4, -0.2) is 48.9 Å². The lowest BCUT2D eigenvalue weighted by Crippen LogP contribution is -2.37. The molecule has 3 rings (SSSR count). The van der Waals surface area contributed by atoms with E-state index in [1.165, 1.54) is 10.4 Å². The maximum atomic E-state index is 12.5. The van der Waals surface area contributed by atoms with E-state index in [4.69, 9.17) is 5.73 Å². The van der Waals surface area contributed by atoms with Crippen molar-refractivity contribution in [2.24, 2.45) is 11.7 Å². The molecule has 1 amide bonds. The molecule has 4 nitrogen and oxygen atoms in total. The summed E-state index contributed by atoms with van der Waals surface area (Å²) in [6, 6.07) is 14.6. The summed E-state index contributed by atoms with van der Waals surface area (Å²) in [4.78, 5) is 17.8. The van der Waals surface area contributed by atoms with Gasteiger partial charge in [-0.2, -0.15) is 0 Å². The van der Waals surface area contributed by atoms with Crippen molar-refractivity contribution < 1.29 is 4.79 Å². The Kier molecular flexibility index (Phi) is 7.44. The zero-order chi connectivity index (χ0) is 16.9. The number of nitrogens with zero attached hydrogens (tertiary/aromatic N) is 2. The number of carbonyl (C=O) groups excluding carboxylic acids is 1. The molecule has 1 aliphatic heterocycles. The molecule has 0 unspecified atom stereocenters. The second-order valence-electron chi connectivity index (χ2n) is 6.54. The standard InChI is InChI=1S/C19H25N3OS.ClH/c1-21(12-17-8-5-9-24-17)19(23)14-22-11-16(10-20)18(13-22)15-6-3-2-4-7-15;/h2-9,16,18H,10-14,20H2,1H3;1H/t16-,18+;/m1./s1. The number of likely N-dealkylation sites (tertiary alicyclic amines) is 1. The molecule has 6 heteroatoms. The Hall–Kier alpha value is -1.40. The predicted octanol–water partition coefficient (Wildman–Crippen LogP) is 2.80. The zero-order valence-corrected chi connectivity index (χ0v) is 16.1. The number of hydrogen-bond acceptors (Lipinski definition) is 4. The van der Waals surface area contributed by atoms with Gasteiger partial charge in [-0.05, 0) is 29.5 Å². The van der Waals surface area contributed by atoms with Gasteiger partial charge in [-0.3, -0.25) is 9.69 Å². The fourth-order valence-corrected chi connectivity index (χ4v) is 4.20. The van der Waals surface area contributed by atoms with Gasteiger partial charge in [0.1, 0.15) is 0 Å². The number of likely N-dealkylation sites (N-methyl/N-ethyl adjacent to an activating group) is 1. The topological polar surface area (TPSA) is 49.6 Å². The van der Waals surface area contributed by atoms with Gasteiger partial charge in [-0.15, -0.1) is 23.7 Å². The number of halogens is 1. The molecule has 0 spiro atoms. The summed E-state index contributed by atoms with van der Waals surface area (Å²) >= 11 is 1.69. The molecule has 0 aliphatic carbocycles. The molecule has 1 aliphatic rings. The highest BCUT2D eigenvalue weighted by molar-refractivity contribution is 7.09. The highest BCUT2D eigenvalue weighted by Gasteiger charge is 2.33. The van der Waals surface area contributed by atoms with Gasteiger partial charge in [-0.25, -0.2) is 0 Å². The van der Waals surface area contributed by atoms with E-state index < -0.39 is 0 Å². The SMILES string of the molecule is CN(Cc1cccs1)C(=O)CN1C[C@@H](CN)[C@H](c2ccccc2)C1.Cl. The summed E-state index contributed by atoms with van der Waals surface area (Å²) in [6.45, 7) is 3.63. The lowest BCUT2D eigenvalue weighted by atomic mass is 9.89. The van der Waals surface area contributed by atoms with Crippen LogP contribution < -0.4 is 5.73 Å². The molecule has 2 atom stereocenters. The summed E-state index contributed by atoms with van der Waals surface area (Å²) in [5.74, 6) is 1.02. The molecular formula is C19H26ClN3OS. The maximum Gasteiger partial charge on any atom is 0.236 e. The quantitative estimate of drug-likeness (QED) is 0.839. The average molecular weight is 380 g/mol. The number of benzene rings is 1. The Bertz CT molecular complexity index is 650. The van der Waals surface area contributed by atoms with E-state index in [0.29, 0.717) is 31.5 Å². The molecule has 136 valence electrons. The number of rotatable bonds is 6. The largest absolute Gasteiger partial charge is 0.340 e. The third-order valence-electron chi connectivity index (χ3n) is 4.80. The lowest BCUT2D eigenvalue weighted by molar-refractivity contribution is -0.131. The minimum absolute atomic E-state index is 0.